The van der Waals surface area contributed by atoms with Crippen LogP contribution in [-0.4, -0.2) is 20.5 Å². The van der Waals surface area contributed by atoms with Crippen LogP contribution in [0, 0.1) is 11.6 Å². The number of methoxy groups -OCH3 is 2. The average molecular weight is 511 g/mol. The number of hydrogen-bond donors (Lipinski definition) is 0. The van der Waals surface area contributed by atoms with Gasteiger partial charge < -0.3 is 14.4 Å². The molecule has 0 aliphatic rings. The van der Waals surface area contributed by atoms with Gasteiger partial charge in [0.25, 0.3) is 0 Å². The summed E-state index contributed by atoms with van der Waals surface area (Å²) < 4.78 is 40.6. The first-order chi connectivity index (χ1) is 14.9. The Balaban J connectivity index is 2.08. The van der Waals surface area contributed by atoms with Gasteiger partial charge in [0, 0.05) is 13.1 Å². The Hall–Kier alpha value is -2.64. The highest BCUT2D eigenvalue weighted by Crippen LogP contribution is 2.39. The lowest BCUT2D eigenvalue weighted by atomic mass is 10.1. The van der Waals surface area contributed by atoms with E-state index < -0.39 is 11.6 Å². The van der Waals surface area contributed by atoms with Crippen molar-refractivity contribution in [1.29, 1.82) is 0 Å². The summed E-state index contributed by atoms with van der Waals surface area (Å²) in [5.41, 5.74) is 0.873. The van der Waals surface area contributed by atoms with E-state index in [1.165, 1.54) is 4.90 Å². The Morgan fingerprint density at radius 2 is 1.35 bits per heavy atom. The first-order valence-electron chi connectivity index (χ1n) is 9.21. The van der Waals surface area contributed by atoms with Gasteiger partial charge in [-0.1, -0.05) is 35.9 Å². The van der Waals surface area contributed by atoms with Crippen molar-refractivity contribution in [3.8, 4) is 11.5 Å². The van der Waals surface area contributed by atoms with Crippen LogP contribution >= 0.6 is 27.5 Å². The number of ether oxygens (including phenoxy) is 2. The van der Waals surface area contributed by atoms with Gasteiger partial charge in [-0.25, -0.2) is 8.78 Å². The summed E-state index contributed by atoms with van der Waals surface area (Å²) in [6.45, 7) is 0.334. The molecule has 0 fully saturated rings. The molecule has 8 heteroatoms. The summed E-state index contributed by atoms with van der Waals surface area (Å²) in [6, 6.07) is 14.3. The van der Waals surface area contributed by atoms with E-state index in [1.54, 1.807) is 62.8 Å². The maximum atomic E-state index is 15.2. The number of benzene rings is 3. The SMILES string of the molecule is COc1ccc(CN(Cc2ccc(OC)cc2)c2c(F)c(Cl)c(Br)c(C=O)c2F)cc1. The van der Waals surface area contributed by atoms with Crippen LogP contribution in [0.3, 0.4) is 0 Å². The molecule has 0 saturated carbocycles. The number of aldehydes is 1. The number of nitrogens with zero attached hydrogens (tertiary/aromatic N) is 1. The minimum Gasteiger partial charge on any atom is -0.497 e. The molecule has 3 aromatic carbocycles. The third-order valence-electron chi connectivity index (χ3n) is 4.77. The quantitative estimate of drug-likeness (QED) is 0.199. The third-order valence-corrected chi connectivity index (χ3v) is 6.18. The van der Waals surface area contributed by atoms with Crippen molar-refractivity contribution in [2.45, 2.75) is 13.1 Å². The molecule has 0 aliphatic heterocycles. The molecular weight excluding hydrogens is 492 g/mol. The standard InChI is InChI=1S/C23H19BrClF2NO3/c1-30-16-7-3-14(4-8-16)11-28(12-15-5-9-17(31-2)10-6-15)23-21(26)18(13-29)19(24)20(25)22(23)27/h3-10,13H,11-12H2,1-2H3. The number of carbonyl (C=O) groups is 1. The Morgan fingerprint density at radius 3 is 1.74 bits per heavy atom. The molecule has 0 spiro atoms. The average Bonchev–Trinajstić information content (AvgIpc) is 2.79. The zero-order valence-corrected chi connectivity index (χ0v) is 19.1. The monoisotopic (exact) mass is 509 g/mol. The van der Waals surface area contributed by atoms with E-state index in [-0.39, 0.29) is 33.8 Å². The molecule has 31 heavy (non-hydrogen) atoms. The van der Waals surface area contributed by atoms with Crippen molar-refractivity contribution in [3.63, 3.8) is 0 Å². The van der Waals surface area contributed by atoms with E-state index in [9.17, 15) is 4.79 Å². The van der Waals surface area contributed by atoms with E-state index in [4.69, 9.17) is 21.1 Å². The fourth-order valence-electron chi connectivity index (χ4n) is 3.14. The first kappa shape index (κ1) is 23.0. The lowest BCUT2D eigenvalue weighted by Crippen LogP contribution is -2.25. The van der Waals surface area contributed by atoms with Gasteiger partial charge in [-0.15, -0.1) is 0 Å². The Bertz CT molecular complexity index is 1030. The molecule has 3 rings (SSSR count). The molecule has 0 atom stereocenters. The lowest BCUT2D eigenvalue weighted by molar-refractivity contribution is 0.111. The van der Waals surface area contributed by atoms with Gasteiger partial charge in [-0.05, 0) is 51.3 Å². The summed E-state index contributed by atoms with van der Waals surface area (Å²) in [5.74, 6) is -0.597. The van der Waals surface area contributed by atoms with Crippen LogP contribution < -0.4 is 14.4 Å². The maximum absolute atomic E-state index is 15.2. The molecule has 0 aromatic heterocycles. The summed E-state index contributed by atoms with van der Waals surface area (Å²) >= 11 is 9.06. The zero-order chi connectivity index (χ0) is 22.5. The minimum atomic E-state index is -0.981. The number of carbonyl (C=O) groups excluding carboxylic acids is 1. The number of anilines is 1. The minimum absolute atomic E-state index is 0.114. The van der Waals surface area contributed by atoms with Crippen molar-refractivity contribution < 1.29 is 23.0 Å². The van der Waals surface area contributed by atoms with Crippen molar-refractivity contribution in [1.82, 2.24) is 0 Å². The maximum Gasteiger partial charge on any atom is 0.169 e. The molecule has 162 valence electrons. The van der Waals surface area contributed by atoms with Crippen molar-refractivity contribution >= 4 is 39.5 Å². The lowest BCUT2D eigenvalue weighted by Gasteiger charge is -2.27. The second-order valence-electron chi connectivity index (χ2n) is 6.69. The fraction of sp³-hybridized carbons (Fsp3) is 0.174. The van der Waals surface area contributed by atoms with Crippen LogP contribution in [0.25, 0.3) is 0 Å². The second kappa shape index (κ2) is 10.1. The van der Waals surface area contributed by atoms with E-state index in [0.717, 1.165) is 11.1 Å². The molecule has 0 amide bonds. The van der Waals surface area contributed by atoms with Crippen LogP contribution in [0.4, 0.5) is 14.5 Å². The van der Waals surface area contributed by atoms with Crippen molar-refractivity contribution in [3.05, 3.63) is 86.4 Å². The third kappa shape index (κ3) is 4.99. The number of rotatable bonds is 8. The normalized spacial score (nSPS) is 10.6. The Morgan fingerprint density at radius 1 is 0.903 bits per heavy atom. The van der Waals surface area contributed by atoms with E-state index in [2.05, 4.69) is 15.9 Å². The van der Waals surface area contributed by atoms with Gasteiger partial charge in [0.15, 0.2) is 17.9 Å². The molecule has 0 bridgehead atoms. The van der Waals surface area contributed by atoms with E-state index in [0.29, 0.717) is 17.8 Å². The summed E-state index contributed by atoms with van der Waals surface area (Å²) in [6.07, 6.45) is 0.313. The van der Waals surface area contributed by atoms with Crippen LogP contribution in [0.2, 0.25) is 5.02 Å². The number of halogens is 4. The summed E-state index contributed by atoms with van der Waals surface area (Å²) in [5, 5.41) is -0.354. The highest BCUT2D eigenvalue weighted by atomic mass is 79.9. The van der Waals surface area contributed by atoms with Crippen LogP contribution in [0.5, 0.6) is 11.5 Å². The first-order valence-corrected chi connectivity index (χ1v) is 10.4. The largest absolute Gasteiger partial charge is 0.497 e. The molecular formula is C23H19BrClF2NO3. The summed E-state index contributed by atoms with van der Waals surface area (Å²) in [7, 11) is 3.11. The highest BCUT2D eigenvalue weighted by Gasteiger charge is 2.26. The predicted octanol–water partition coefficient (Wildman–Crippen LogP) is 6.42. The molecule has 3 aromatic rings. The van der Waals surface area contributed by atoms with Crippen LogP contribution in [-0.2, 0) is 13.1 Å². The van der Waals surface area contributed by atoms with Gasteiger partial charge in [-0.2, -0.15) is 0 Å². The second-order valence-corrected chi connectivity index (χ2v) is 7.86. The molecule has 0 heterocycles. The number of hydrogen-bond acceptors (Lipinski definition) is 4. The molecule has 0 saturated heterocycles. The van der Waals surface area contributed by atoms with Crippen LogP contribution in [0.15, 0.2) is 53.0 Å². The van der Waals surface area contributed by atoms with Gasteiger partial charge in [-0.3, -0.25) is 4.79 Å². The van der Waals surface area contributed by atoms with Gasteiger partial charge in [0.1, 0.15) is 17.2 Å². The topological polar surface area (TPSA) is 38.8 Å². The van der Waals surface area contributed by atoms with Crippen molar-refractivity contribution in [2.24, 2.45) is 0 Å². The zero-order valence-electron chi connectivity index (χ0n) is 16.8. The fourth-order valence-corrected chi connectivity index (χ4v) is 3.77. The van der Waals surface area contributed by atoms with Gasteiger partial charge in [0.2, 0.25) is 0 Å². The van der Waals surface area contributed by atoms with Crippen LogP contribution in [0.1, 0.15) is 21.5 Å². The molecule has 0 aliphatic carbocycles. The molecule has 0 unspecified atom stereocenters. The van der Waals surface area contributed by atoms with E-state index >= 15 is 8.78 Å². The van der Waals surface area contributed by atoms with Crippen molar-refractivity contribution in [2.75, 3.05) is 19.1 Å². The predicted molar refractivity (Wildman–Crippen MR) is 120 cm³/mol. The Kier molecular flexibility index (Phi) is 7.51. The van der Waals surface area contributed by atoms with E-state index in [1.807, 2.05) is 0 Å². The Labute approximate surface area is 192 Å². The smallest absolute Gasteiger partial charge is 0.169 e. The molecule has 0 radical (unpaired) electrons. The molecule has 4 nitrogen and oxygen atoms in total. The van der Waals surface area contributed by atoms with Gasteiger partial charge >= 0.3 is 0 Å². The van der Waals surface area contributed by atoms with Gasteiger partial charge in [0.05, 0.1) is 29.3 Å². The highest BCUT2D eigenvalue weighted by molar-refractivity contribution is 9.10. The molecule has 0 N–H and O–H groups in total. The summed E-state index contributed by atoms with van der Waals surface area (Å²) in [4.78, 5) is 12.9.